The Balaban J connectivity index is 2.12. The quantitative estimate of drug-likeness (QED) is 0.908. The van der Waals surface area contributed by atoms with E-state index in [9.17, 15) is 8.42 Å². The number of nitrogens with two attached hydrogens (primary N) is 1. The van der Waals surface area contributed by atoms with Gasteiger partial charge in [-0.1, -0.05) is 12.1 Å². The Morgan fingerprint density at radius 3 is 2.47 bits per heavy atom. The van der Waals surface area contributed by atoms with Crippen molar-refractivity contribution in [1.82, 2.24) is 4.31 Å². The molecule has 0 atom stereocenters. The van der Waals surface area contributed by atoms with Gasteiger partial charge in [-0.3, -0.25) is 0 Å². The van der Waals surface area contributed by atoms with Crippen LogP contribution in [0.1, 0.15) is 19.3 Å². The molecule has 1 fully saturated rings. The first-order chi connectivity index (χ1) is 9.05. The van der Waals surface area contributed by atoms with Gasteiger partial charge < -0.3 is 5.73 Å². The number of sulfonamides is 1. The molecule has 19 heavy (non-hydrogen) atoms. The summed E-state index contributed by atoms with van der Waals surface area (Å²) < 4.78 is 27.3. The maximum atomic E-state index is 12.5. The number of piperidine rings is 1. The molecule has 1 aromatic carbocycles. The smallest absolute Gasteiger partial charge is 0.244 e. The van der Waals surface area contributed by atoms with E-state index in [2.05, 4.69) is 15.9 Å². The van der Waals surface area contributed by atoms with E-state index in [-0.39, 0.29) is 0 Å². The van der Waals surface area contributed by atoms with Crippen molar-refractivity contribution in [3.8, 4) is 0 Å². The van der Waals surface area contributed by atoms with Gasteiger partial charge in [-0.25, -0.2) is 8.42 Å². The minimum Gasteiger partial charge on any atom is -0.330 e. The van der Waals surface area contributed by atoms with Crippen LogP contribution in [0.15, 0.2) is 33.6 Å². The molecule has 1 saturated heterocycles. The molecule has 0 saturated carbocycles. The summed E-state index contributed by atoms with van der Waals surface area (Å²) in [5.74, 6) is 0.565. The van der Waals surface area contributed by atoms with Crippen LogP contribution in [0.5, 0.6) is 0 Å². The summed E-state index contributed by atoms with van der Waals surface area (Å²) in [6.07, 6.45) is 2.80. The van der Waals surface area contributed by atoms with Crippen LogP contribution < -0.4 is 5.73 Å². The Kier molecular flexibility index (Phi) is 5.00. The summed E-state index contributed by atoms with van der Waals surface area (Å²) in [7, 11) is -3.38. The van der Waals surface area contributed by atoms with E-state index in [1.165, 1.54) is 0 Å². The molecule has 0 bridgehead atoms. The van der Waals surface area contributed by atoms with E-state index in [1.807, 2.05) is 6.07 Å². The zero-order valence-electron chi connectivity index (χ0n) is 10.8. The first kappa shape index (κ1) is 15.0. The van der Waals surface area contributed by atoms with Gasteiger partial charge in [0.05, 0.1) is 4.90 Å². The molecule has 0 amide bonds. The number of benzene rings is 1. The van der Waals surface area contributed by atoms with Gasteiger partial charge in [0.1, 0.15) is 0 Å². The SMILES string of the molecule is NCCC1CCN(S(=O)(=O)c2ccccc2Br)CC1. The second-order valence-electron chi connectivity index (χ2n) is 4.86. The molecule has 0 aromatic heterocycles. The molecule has 106 valence electrons. The van der Waals surface area contributed by atoms with Crippen molar-refractivity contribution < 1.29 is 8.42 Å². The summed E-state index contributed by atoms with van der Waals surface area (Å²) >= 11 is 3.31. The third-order valence-corrected chi connectivity index (χ3v) is 6.51. The molecule has 6 heteroatoms. The van der Waals surface area contributed by atoms with Crippen molar-refractivity contribution in [2.24, 2.45) is 11.7 Å². The predicted octanol–water partition coefficient (Wildman–Crippen LogP) is 2.20. The Hall–Kier alpha value is -0.430. The Labute approximate surface area is 123 Å². The van der Waals surface area contributed by atoms with Gasteiger partial charge in [-0.2, -0.15) is 4.31 Å². The lowest BCUT2D eigenvalue weighted by atomic mass is 9.95. The molecule has 1 aromatic rings. The summed E-state index contributed by atoms with van der Waals surface area (Å²) in [6.45, 7) is 1.87. The molecular formula is C13H19BrN2O2S. The number of hydrogen-bond acceptors (Lipinski definition) is 3. The zero-order valence-corrected chi connectivity index (χ0v) is 13.2. The second kappa shape index (κ2) is 6.35. The maximum absolute atomic E-state index is 12.5. The highest BCUT2D eigenvalue weighted by Gasteiger charge is 2.30. The van der Waals surface area contributed by atoms with Crippen LogP contribution in [0, 0.1) is 5.92 Å². The van der Waals surface area contributed by atoms with Crippen LogP contribution >= 0.6 is 15.9 Å². The highest BCUT2D eigenvalue weighted by atomic mass is 79.9. The van der Waals surface area contributed by atoms with E-state index < -0.39 is 10.0 Å². The number of rotatable bonds is 4. The lowest BCUT2D eigenvalue weighted by Crippen LogP contribution is -2.38. The normalized spacial score (nSPS) is 18.6. The van der Waals surface area contributed by atoms with Gasteiger partial charge in [-0.15, -0.1) is 0 Å². The third-order valence-electron chi connectivity index (χ3n) is 3.60. The fourth-order valence-electron chi connectivity index (χ4n) is 2.47. The Morgan fingerprint density at radius 2 is 1.89 bits per heavy atom. The highest BCUT2D eigenvalue weighted by molar-refractivity contribution is 9.10. The van der Waals surface area contributed by atoms with Crippen molar-refractivity contribution >= 4 is 26.0 Å². The minimum atomic E-state index is -3.38. The van der Waals surface area contributed by atoms with Crippen LogP contribution in [-0.4, -0.2) is 32.4 Å². The number of halogens is 1. The molecule has 1 heterocycles. The fraction of sp³-hybridized carbons (Fsp3) is 0.538. The zero-order chi connectivity index (χ0) is 13.9. The fourth-order valence-corrected chi connectivity index (χ4v) is 4.90. The maximum Gasteiger partial charge on any atom is 0.244 e. The molecule has 1 aliphatic heterocycles. The van der Waals surface area contributed by atoms with Gasteiger partial charge in [0, 0.05) is 17.6 Å². The van der Waals surface area contributed by atoms with E-state index in [0.717, 1.165) is 19.3 Å². The topological polar surface area (TPSA) is 63.4 Å². The largest absolute Gasteiger partial charge is 0.330 e. The van der Waals surface area contributed by atoms with Crippen LogP contribution in [0.25, 0.3) is 0 Å². The van der Waals surface area contributed by atoms with Crippen molar-refractivity contribution in [2.45, 2.75) is 24.2 Å². The first-order valence-electron chi connectivity index (χ1n) is 6.50. The van der Waals surface area contributed by atoms with E-state index in [1.54, 1.807) is 22.5 Å². The molecule has 0 aliphatic carbocycles. The van der Waals surface area contributed by atoms with Gasteiger partial charge in [0.2, 0.25) is 10.0 Å². The van der Waals surface area contributed by atoms with E-state index in [0.29, 0.717) is 34.9 Å². The summed E-state index contributed by atoms with van der Waals surface area (Å²) in [5.41, 5.74) is 5.55. The summed E-state index contributed by atoms with van der Waals surface area (Å²) in [6, 6.07) is 6.97. The summed E-state index contributed by atoms with van der Waals surface area (Å²) in [4.78, 5) is 0.354. The van der Waals surface area contributed by atoms with Crippen LogP contribution in [-0.2, 0) is 10.0 Å². The van der Waals surface area contributed by atoms with Gasteiger partial charge in [0.15, 0.2) is 0 Å². The van der Waals surface area contributed by atoms with Crippen molar-refractivity contribution in [3.05, 3.63) is 28.7 Å². The minimum absolute atomic E-state index is 0.354. The van der Waals surface area contributed by atoms with Crippen LogP contribution in [0.4, 0.5) is 0 Å². The lowest BCUT2D eigenvalue weighted by Gasteiger charge is -2.31. The summed E-state index contributed by atoms with van der Waals surface area (Å²) in [5, 5.41) is 0. The van der Waals surface area contributed by atoms with Crippen molar-refractivity contribution in [3.63, 3.8) is 0 Å². The van der Waals surface area contributed by atoms with Crippen LogP contribution in [0.3, 0.4) is 0 Å². The van der Waals surface area contributed by atoms with Gasteiger partial charge in [-0.05, 0) is 59.8 Å². The molecule has 0 unspecified atom stereocenters. The number of hydrogen-bond donors (Lipinski definition) is 1. The van der Waals surface area contributed by atoms with E-state index >= 15 is 0 Å². The highest BCUT2D eigenvalue weighted by Crippen LogP contribution is 2.28. The van der Waals surface area contributed by atoms with Crippen LogP contribution in [0.2, 0.25) is 0 Å². The molecule has 4 nitrogen and oxygen atoms in total. The third kappa shape index (κ3) is 3.37. The van der Waals surface area contributed by atoms with Gasteiger partial charge in [0.25, 0.3) is 0 Å². The molecule has 2 rings (SSSR count). The standard InChI is InChI=1S/C13H19BrN2O2S/c14-12-3-1-2-4-13(12)19(17,18)16-9-6-11(5-8-15)7-10-16/h1-4,11H,5-10,15H2. The monoisotopic (exact) mass is 346 g/mol. The van der Waals surface area contributed by atoms with Gasteiger partial charge >= 0.3 is 0 Å². The molecular weight excluding hydrogens is 328 g/mol. The van der Waals surface area contributed by atoms with Crippen molar-refractivity contribution in [1.29, 1.82) is 0 Å². The molecule has 0 spiro atoms. The van der Waals surface area contributed by atoms with E-state index in [4.69, 9.17) is 5.73 Å². The average molecular weight is 347 g/mol. The average Bonchev–Trinajstić information content (AvgIpc) is 2.40. The Morgan fingerprint density at radius 1 is 1.26 bits per heavy atom. The Bertz CT molecular complexity index is 525. The molecule has 0 radical (unpaired) electrons. The second-order valence-corrected chi connectivity index (χ2v) is 7.62. The number of nitrogens with zero attached hydrogens (tertiary/aromatic N) is 1. The predicted molar refractivity (Wildman–Crippen MR) is 79.3 cm³/mol. The molecule has 2 N–H and O–H groups in total. The first-order valence-corrected chi connectivity index (χ1v) is 8.73. The van der Waals surface area contributed by atoms with Crippen molar-refractivity contribution in [2.75, 3.05) is 19.6 Å². The lowest BCUT2D eigenvalue weighted by molar-refractivity contribution is 0.265. The molecule has 1 aliphatic rings.